The Morgan fingerprint density at radius 3 is 2.70 bits per heavy atom. The summed E-state index contributed by atoms with van der Waals surface area (Å²) in [5.74, 6) is 0.549. The van der Waals surface area contributed by atoms with E-state index in [0.29, 0.717) is 19.0 Å². The lowest BCUT2D eigenvalue weighted by molar-refractivity contribution is 0.171. The fourth-order valence-corrected chi connectivity index (χ4v) is 1.95. The van der Waals surface area contributed by atoms with E-state index < -0.39 is 0 Å². The third-order valence-electron chi connectivity index (χ3n) is 2.85. The number of carbonyl (C=O) groups is 1. The van der Waals surface area contributed by atoms with Gasteiger partial charge in [0.2, 0.25) is 5.88 Å². The first-order valence-electron chi connectivity index (χ1n) is 6.52. The molecule has 0 saturated carbocycles. The van der Waals surface area contributed by atoms with Crippen LogP contribution in [-0.2, 0) is 11.3 Å². The van der Waals surface area contributed by atoms with Gasteiger partial charge in [0.15, 0.2) is 0 Å². The molecule has 2 N–H and O–H groups in total. The van der Waals surface area contributed by atoms with Crippen LogP contribution in [0.1, 0.15) is 23.7 Å². The molecule has 1 rings (SSSR count). The van der Waals surface area contributed by atoms with Crippen LogP contribution in [-0.4, -0.2) is 37.9 Å². The van der Waals surface area contributed by atoms with Crippen molar-refractivity contribution in [2.45, 2.75) is 33.4 Å². The van der Waals surface area contributed by atoms with Gasteiger partial charge in [-0.15, -0.1) is 0 Å². The Balaban J connectivity index is 2.63. The molecule has 0 saturated heterocycles. The zero-order valence-electron chi connectivity index (χ0n) is 12.7. The van der Waals surface area contributed by atoms with Gasteiger partial charge in [-0.05, 0) is 32.4 Å². The van der Waals surface area contributed by atoms with E-state index in [2.05, 4.69) is 15.6 Å². The quantitative estimate of drug-likeness (QED) is 0.829. The number of pyridine rings is 1. The van der Waals surface area contributed by atoms with E-state index in [0.717, 1.165) is 16.8 Å². The van der Waals surface area contributed by atoms with E-state index in [4.69, 9.17) is 9.47 Å². The second-order valence-corrected chi connectivity index (χ2v) is 4.75. The van der Waals surface area contributed by atoms with Crippen molar-refractivity contribution >= 4 is 6.03 Å². The van der Waals surface area contributed by atoms with Gasteiger partial charge in [-0.2, -0.15) is 0 Å². The monoisotopic (exact) mass is 281 g/mol. The molecular weight excluding hydrogens is 258 g/mol. The number of nitrogens with one attached hydrogen (secondary N) is 2. The van der Waals surface area contributed by atoms with Crippen LogP contribution in [0.15, 0.2) is 6.07 Å². The summed E-state index contributed by atoms with van der Waals surface area (Å²) in [4.78, 5) is 16.0. The van der Waals surface area contributed by atoms with Crippen LogP contribution in [0.3, 0.4) is 0 Å². The fourth-order valence-electron chi connectivity index (χ4n) is 1.95. The molecule has 20 heavy (non-hydrogen) atoms. The fraction of sp³-hybridized carbons (Fsp3) is 0.571. The lowest BCUT2D eigenvalue weighted by Crippen LogP contribution is -2.42. The third-order valence-corrected chi connectivity index (χ3v) is 2.85. The molecule has 112 valence electrons. The summed E-state index contributed by atoms with van der Waals surface area (Å²) in [5, 5.41) is 5.58. The number of urea groups is 1. The molecule has 0 fully saturated rings. The number of ether oxygens (including phenoxy) is 2. The molecule has 0 aromatic carbocycles. The van der Waals surface area contributed by atoms with Crippen molar-refractivity contribution in [3.63, 3.8) is 0 Å². The Morgan fingerprint density at radius 2 is 2.10 bits per heavy atom. The van der Waals surface area contributed by atoms with Crippen molar-refractivity contribution in [3.05, 3.63) is 22.9 Å². The summed E-state index contributed by atoms with van der Waals surface area (Å²) in [7, 11) is 3.17. The molecule has 1 atom stereocenters. The first-order valence-corrected chi connectivity index (χ1v) is 6.52. The number of aromatic nitrogens is 1. The number of hydrogen-bond donors (Lipinski definition) is 2. The molecule has 1 aromatic rings. The zero-order chi connectivity index (χ0) is 15.1. The molecule has 0 aliphatic heterocycles. The average Bonchev–Trinajstić information content (AvgIpc) is 2.36. The van der Waals surface area contributed by atoms with Crippen molar-refractivity contribution in [2.75, 3.05) is 20.8 Å². The van der Waals surface area contributed by atoms with Crippen LogP contribution in [0.25, 0.3) is 0 Å². The van der Waals surface area contributed by atoms with Gasteiger partial charge < -0.3 is 20.1 Å². The van der Waals surface area contributed by atoms with Crippen molar-refractivity contribution in [1.29, 1.82) is 0 Å². The summed E-state index contributed by atoms with van der Waals surface area (Å²) in [6.45, 7) is 6.60. The molecule has 0 spiro atoms. The number of aryl methyl sites for hydroxylation is 2. The molecule has 0 aliphatic carbocycles. The van der Waals surface area contributed by atoms with Crippen LogP contribution in [0.4, 0.5) is 4.79 Å². The van der Waals surface area contributed by atoms with Crippen LogP contribution in [0.2, 0.25) is 0 Å². The van der Waals surface area contributed by atoms with Gasteiger partial charge in [0.25, 0.3) is 0 Å². The van der Waals surface area contributed by atoms with E-state index >= 15 is 0 Å². The molecule has 6 nitrogen and oxygen atoms in total. The minimum Gasteiger partial charge on any atom is -0.481 e. The Hall–Kier alpha value is -1.82. The van der Waals surface area contributed by atoms with E-state index in [1.807, 2.05) is 26.8 Å². The summed E-state index contributed by atoms with van der Waals surface area (Å²) < 4.78 is 10.2. The van der Waals surface area contributed by atoms with Crippen molar-refractivity contribution < 1.29 is 14.3 Å². The maximum absolute atomic E-state index is 11.7. The SMILES string of the molecule is COCC(C)NC(=O)NCc1c(C)cc(C)nc1OC. The van der Waals surface area contributed by atoms with Gasteiger partial charge in [-0.3, -0.25) is 0 Å². The van der Waals surface area contributed by atoms with Gasteiger partial charge in [0.1, 0.15) is 0 Å². The molecule has 6 heteroatoms. The number of amides is 2. The number of methoxy groups -OCH3 is 2. The highest BCUT2D eigenvalue weighted by Crippen LogP contribution is 2.20. The molecule has 1 unspecified atom stereocenters. The third kappa shape index (κ3) is 4.70. The zero-order valence-corrected chi connectivity index (χ0v) is 12.7. The number of carbonyl (C=O) groups excluding carboxylic acids is 1. The number of nitrogens with zero attached hydrogens (tertiary/aromatic N) is 1. The molecule has 0 bridgehead atoms. The average molecular weight is 281 g/mol. The van der Waals surface area contributed by atoms with Gasteiger partial charge >= 0.3 is 6.03 Å². The first kappa shape index (κ1) is 16.2. The molecule has 0 aliphatic rings. The van der Waals surface area contributed by atoms with Crippen LogP contribution in [0.5, 0.6) is 5.88 Å². The van der Waals surface area contributed by atoms with Crippen molar-refractivity contribution in [1.82, 2.24) is 15.6 Å². The molecular formula is C14H23N3O3. The molecule has 0 radical (unpaired) electrons. The normalized spacial score (nSPS) is 11.8. The predicted molar refractivity (Wildman–Crippen MR) is 77.0 cm³/mol. The van der Waals surface area contributed by atoms with Crippen LogP contribution < -0.4 is 15.4 Å². The maximum atomic E-state index is 11.7. The lowest BCUT2D eigenvalue weighted by atomic mass is 10.1. The molecule has 2 amide bonds. The second kappa shape index (κ2) is 7.69. The second-order valence-electron chi connectivity index (χ2n) is 4.75. The number of rotatable bonds is 6. The van der Waals surface area contributed by atoms with Crippen LogP contribution in [0, 0.1) is 13.8 Å². The Morgan fingerprint density at radius 1 is 1.40 bits per heavy atom. The lowest BCUT2D eigenvalue weighted by Gasteiger charge is -2.15. The minimum atomic E-state index is -0.239. The standard InChI is InChI=1S/C14H23N3O3/c1-9-6-10(2)16-13(20-5)12(9)7-15-14(18)17-11(3)8-19-4/h6,11H,7-8H2,1-5H3,(H2,15,17,18). The topological polar surface area (TPSA) is 72.5 Å². The minimum absolute atomic E-state index is 0.0425. The summed E-state index contributed by atoms with van der Waals surface area (Å²) >= 11 is 0. The Bertz CT molecular complexity index is 463. The highest BCUT2D eigenvalue weighted by Gasteiger charge is 2.12. The summed E-state index contributed by atoms with van der Waals surface area (Å²) in [6.07, 6.45) is 0. The maximum Gasteiger partial charge on any atom is 0.315 e. The van der Waals surface area contributed by atoms with Gasteiger partial charge in [-0.25, -0.2) is 9.78 Å². The highest BCUT2D eigenvalue weighted by atomic mass is 16.5. The highest BCUT2D eigenvalue weighted by molar-refractivity contribution is 5.74. The van der Waals surface area contributed by atoms with Crippen molar-refractivity contribution in [3.8, 4) is 5.88 Å². The van der Waals surface area contributed by atoms with E-state index in [1.54, 1.807) is 14.2 Å². The Kier molecular flexibility index (Phi) is 6.24. The van der Waals surface area contributed by atoms with Gasteiger partial charge in [0, 0.05) is 18.4 Å². The number of hydrogen-bond acceptors (Lipinski definition) is 4. The van der Waals surface area contributed by atoms with E-state index in [9.17, 15) is 4.79 Å². The molecule has 1 aromatic heterocycles. The van der Waals surface area contributed by atoms with E-state index in [-0.39, 0.29) is 12.1 Å². The molecule has 1 heterocycles. The summed E-state index contributed by atoms with van der Waals surface area (Å²) in [5.41, 5.74) is 2.81. The van der Waals surface area contributed by atoms with Gasteiger partial charge in [-0.1, -0.05) is 0 Å². The predicted octanol–water partition coefficient (Wildman–Crippen LogP) is 1.54. The Labute approximate surface area is 119 Å². The van der Waals surface area contributed by atoms with Gasteiger partial charge in [0.05, 0.1) is 26.3 Å². The van der Waals surface area contributed by atoms with Crippen LogP contribution >= 0.6 is 0 Å². The smallest absolute Gasteiger partial charge is 0.315 e. The largest absolute Gasteiger partial charge is 0.481 e. The summed E-state index contributed by atoms with van der Waals surface area (Å²) in [6, 6.07) is 1.68. The first-order chi connectivity index (χ1) is 9.47. The van der Waals surface area contributed by atoms with Crippen molar-refractivity contribution in [2.24, 2.45) is 0 Å². The van der Waals surface area contributed by atoms with E-state index in [1.165, 1.54) is 0 Å².